The third-order valence-electron chi connectivity index (χ3n) is 3.62. The molecule has 2 aromatic heterocycles. The lowest BCUT2D eigenvalue weighted by Gasteiger charge is -2.03. The van der Waals surface area contributed by atoms with E-state index in [1.165, 1.54) is 11.5 Å². The SMILES string of the molecule is CCn1nc(C)cc1C(=O)Nc1nc(C2(C)CC2)ns1. The van der Waals surface area contributed by atoms with E-state index in [9.17, 15) is 4.79 Å². The van der Waals surface area contributed by atoms with Crippen molar-refractivity contribution >= 4 is 22.6 Å². The van der Waals surface area contributed by atoms with Gasteiger partial charge in [0.1, 0.15) is 5.69 Å². The number of nitrogens with one attached hydrogen (secondary N) is 1. The summed E-state index contributed by atoms with van der Waals surface area (Å²) in [5.74, 6) is 0.661. The van der Waals surface area contributed by atoms with Crippen LogP contribution >= 0.6 is 11.5 Å². The van der Waals surface area contributed by atoms with Crippen molar-refractivity contribution in [3.63, 3.8) is 0 Å². The number of aryl methyl sites for hydroxylation is 2. The Morgan fingerprint density at radius 2 is 2.30 bits per heavy atom. The van der Waals surface area contributed by atoms with E-state index in [-0.39, 0.29) is 11.3 Å². The lowest BCUT2D eigenvalue weighted by atomic mass is 10.1. The number of anilines is 1. The molecule has 1 aliphatic rings. The Kier molecular flexibility index (Phi) is 3.08. The van der Waals surface area contributed by atoms with Crippen LogP contribution < -0.4 is 5.32 Å². The van der Waals surface area contributed by atoms with Gasteiger partial charge in [-0.05, 0) is 32.8 Å². The van der Waals surface area contributed by atoms with Gasteiger partial charge in [-0.25, -0.2) is 4.98 Å². The molecule has 0 unspecified atom stereocenters. The maximum absolute atomic E-state index is 12.2. The monoisotopic (exact) mass is 291 g/mol. The van der Waals surface area contributed by atoms with Gasteiger partial charge in [0.05, 0.1) is 5.69 Å². The minimum absolute atomic E-state index is 0.126. The molecule has 0 bridgehead atoms. The largest absolute Gasteiger partial charge is 0.295 e. The number of carbonyl (C=O) groups excluding carboxylic acids is 1. The first kappa shape index (κ1) is 13.2. The Hall–Kier alpha value is -1.76. The first-order valence-corrected chi connectivity index (χ1v) is 7.49. The predicted octanol–water partition coefficient (Wildman–Crippen LogP) is 2.37. The summed E-state index contributed by atoms with van der Waals surface area (Å²) >= 11 is 1.24. The third-order valence-corrected chi connectivity index (χ3v) is 4.25. The zero-order valence-electron chi connectivity index (χ0n) is 11.8. The fourth-order valence-electron chi connectivity index (χ4n) is 2.06. The Labute approximate surface area is 121 Å². The number of aromatic nitrogens is 4. The van der Waals surface area contributed by atoms with Crippen LogP contribution in [0.1, 0.15) is 48.7 Å². The quantitative estimate of drug-likeness (QED) is 0.938. The second kappa shape index (κ2) is 4.66. The summed E-state index contributed by atoms with van der Waals surface area (Å²) in [5.41, 5.74) is 1.51. The normalized spacial score (nSPS) is 16.1. The number of hydrogen-bond donors (Lipinski definition) is 1. The average Bonchev–Trinajstić information content (AvgIpc) is 2.87. The molecule has 7 heteroatoms. The molecule has 1 saturated carbocycles. The smallest absolute Gasteiger partial charge is 0.275 e. The zero-order chi connectivity index (χ0) is 14.3. The van der Waals surface area contributed by atoms with Crippen LogP contribution in [0.4, 0.5) is 5.13 Å². The van der Waals surface area contributed by atoms with Crippen LogP contribution in [-0.2, 0) is 12.0 Å². The molecule has 1 amide bonds. The predicted molar refractivity (Wildman–Crippen MR) is 77.1 cm³/mol. The van der Waals surface area contributed by atoms with E-state index in [1.54, 1.807) is 10.7 Å². The van der Waals surface area contributed by atoms with Crippen LogP contribution in [0.5, 0.6) is 0 Å². The Morgan fingerprint density at radius 3 is 2.95 bits per heavy atom. The van der Waals surface area contributed by atoms with Crippen LogP contribution in [0.2, 0.25) is 0 Å². The molecule has 3 rings (SSSR count). The number of rotatable bonds is 4. The summed E-state index contributed by atoms with van der Waals surface area (Å²) in [5, 5.41) is 7.64. The zero-order valence-corrected chi connectivity index (χ0v) is 12.6. The number of hydrogen-bond acceptors (Lipinski definition) is 5. The molecule has 0 radical (unpaired) electrons. The highest BCUT2D eigenvalue weighted by molar-refractivity contribution is 7.09. The number of nitrogens with zero attached hydrogens (tertiary/aromatic N) is 4. The molecule has 1 N–H and O–H groups in total. The molecule has 2 aromatic rings. The summed E-state index contributed by atoms with van der Waals surface area (Å²) in [6.07, 6.45) is 2.25. The fourth-order valence-corrected chi connectivity index (χ4v) is 2.76. The lowest BCUT2D eigenvalue weighted by Crippen LogP contribution is -2.17. The Morgan fingerprint density at radius 1 is 1.55 bits per heavy atom. The minimum Gasteiger partial charge on any atom is -0.295 e. The maximum Gasteiger partial charge on any atom is 0.275 e. The van der Waals surface area contributed by atoms with Crippen molar-refractivity contribution in [2.75, 3.05) is 5.32 Å². The van der Waals surface area contributed by atoms with Crippen molar-refractivity contribution in [3.8, 4) is 0 Å². The molecule has 1 aliphatic carbocycles. The van der Waals surface area contributed by atoms with Gasteiger partial charge in [-0.3, -0.25) is 14.8 Å². The standard InChI is InChI=1S/C13H17N5OS/c1-4-18-9(7-8(2)16-18)10(19)14-12-15-11(17-20-12)13(3)5-6-13/h7H,4-6H2,1-3H3,(H,14,15,17,19). The number of carbonyl (C=O) groups is 1. The second-order valence-corrected chi connectivity index (χ2v) is 6.18. The molecule has 106 valence electrons. The average molecular weight is 291 g/mol. The van der Waals surface area contributed by atoms with E-state index in [0.717, 1.165) is 24.4 Å². The van der Waals surface area contributed by atoms with Crippen LogP contribution in [-0.4, -0.2) is 25.0 Å². The van der Waals surface area contributed by atoms with Crippen molar-refractivity contribution in [3.05, 3.63) is 23.3 Å². The number of amides is 1. The summed E-state index contributed by atoms with van der Waals surface area (Å²) in [4.78, 5) is 16.7. The van der Waals surface area contributed by atoms with Gasteiger partial charge in [0.15, 0.2) is 5.82 Å². The molecule has 6 nitrogen and oxygen atoms in total. The van der Waals surface area contributed by atoms with E-state index in [4.69, 9.17) is 0 Å². The van der Waals surface area contributed by atoms with E-state index in [0.29, 0.717) is 17.4 Å². The Bertz CT molecular complexity index is 656. The third kappa shape index (κ3) is 2.33. The molecule has 0 atom stereocenters. The molecular formula is C13H17N5OS. The van der Waals surface area contributed by atoms with Gasteiger partial charge < -0.3 is 0 Å². The van der Waals surface area contributed by atoms with Gasteiger partial charge in [-0.15, -0.1) is 0 Å². The van der Waals surface area contributed by atoms with Gasteiger partial charge in [0, 0.05) is 23.5 Å². The molecule has 1 fully saturated rings. The van der Waals surface area contributed by atoms with Crippen LogP contribution in [0, 0.1) is 6.92 Å². The molecule has 20 heavy (non-hydrogen) atoms. The summed E-state index contributed by atoms with van der Waals surface area (Å²) in [6.45, 7) is 6.65. The minimum atomic E-state index is -0.184. The van der Waals surface area contributed by atoms with E-state index in [2.05, 4.69) is 26.7 Å². The van der Waals surface area contributed by atoms with Crippen LogP contribution in [0.15, 0.2) is 6.07 Å². The van der Waals surface area contributed by atoms with E-state index >= 15 is 0 Å². The highest BCUT2D eigenvalue weighted by atomic mass is 32.1. The summed E-state index contributed by atoms with van der Waals surface area (Å²) in [6, 6.07) is 1.78. The van der Waals surface area contributed by atoms with Crippen molar-refractivity contribution < 1.29 is 4.79 Å². The Balaban J connectivity index is 1.77. The van der Waals surface area contributed by atoms with Crippen molar-refractivity contribution in [1.29, 1.82) is 0 Å². The molecule has 0 saturated heterocycles. The molecule has 0 aromatic carbocycles. The van der Waals surface area contributed by atoms with Gasteiger partial charge in [-0.2, -0.15) is 9.47 Å². The lowest BCUT2D eigenvalue weighted by molar-refractivity contribution is 0.101. The van der Waals surface area contributed by atoms with Gasteiger partial charge in [-0.1, -0.05) is 6.92 Å². The van der Waals surface area contributed by atoms with Gasteiger partial charge in [0.25, 0.3) is 5.91 Å². The van der Waals surface area contributed by atoms with Crippen LogP contribution in [0.3, 0.4) is 0 Å². The maximum atomic E-state index is 12.2. The van der Waals surface area contributed by atoms with Crippen molar-refractivity contribution in [2.24, 2.45) is 0 Å². The molecule has 2 heterocycles. The molecule has 0 aliphatic heterocycles. The van der Waals surface area contributed by atoms with E-state index in [1.807, 2.05) is 13.8 Å². The van der Waals surface area contributed by atoms with Crippen LogP contribution in [0.25, 0.3) is 0 Å². The summed E-state index contributed by atoms with van der Waals surface area (Å²) < 4.78 is 6.03. The van der Waals surface area contributed by atoms with Gasteiger partial charge in [0.2, 0.25) is 5.13 Å². The molecular weight excluding hydrogens is 274 g/mol. The topological polar surface area (TPSA) is 72.7 Å². The van der Waals surface area contributed by atoms with Crippen molar-refractivity contribution in [2.45, 2.75) is 45.6 Å². The highest BCUT2D eigenvalue weighted by Crippen LogP contribution is 2.46. The fraction of sp³-hybridized carbons (Fsp3) is 0.538. The van der Waals surface area contributed by atoms with Crippen molar-refractivity contribution in [1.82, 2.24) is 19.1 Å². The summed E-state index contributed by atoms with van der Waals surface area (Å²) in [7, 11) is 0. The highest BCUT2D eigenvalue weighted by Gasteiger charge is 2.42. The second-order valence-electron chi connectivity index (χ2n) is 5.42. The van der Waals surface area contributed by atoms with E-state index < -0.39 is 0 Å². The first-order chi connectivity index (χ1) is 9.51. The van der Waals surface area contributed by atoms with Gasteiger partial charge >= 0.3 is 0 Å². The first-order valence-electron chi connectivity index (χ1n) is 6.72. The molecule has 0 spiro atoms.